The highest BCUT2D eigenvalue weighted by molar-refractivity contribution is 5.48. The molecule has 2 atom stereocenters. The standard InChI is InChI=1S/C23H24F7NO2/c24-21(25)23(29,30)33-20-9-2-4-15(11-20)13-31-18-7-3-8-19(12-18)32-14-16-5-1-6-17(10-16)22(26,27)28/h1,3,5-8,10,12,15,20-21,31H,2,4,9,11,13-14H2. The molecule has 10 heteroatoms. The van der Waals surface area contributed by atoms with E-state index in [2.05, 4.69) is 10.1 Å². The van der Waals surface area contributed by atoms with E-state index >= 15 is 0 Å². The van der Waals surface area contributed by atoms with Gasteiger partial charge >= 0.3 is 18.7 Å². The third-order valence-electron chi connectivity index (χ3n) is 5.40. The zero-order valence-corrected chi connectivity index (χ0v) is 17.6. The lowest BCUT2D eigenvalue weighted by Crippen LogP contribution is -2.37. The number of halogens is 7. The molecule has 3 rings (SSSR count). The van der Waals surface area contributed by atoms with Gasteiger partial charge in [-0.3, -0.25) is 0 Å². The van der Waals surface area contributed by atoms with E-state index < -0.39 is 30.4 Å². The molecule has 1 aliphatic carbocycles. The van der Waals surface area contributed by atoms with Gasteiger partial charge in [0.05, 0.1) is 11.7 Å². The first-order chi connectivity index (χ1) is 15.5. The minimum atomic E-state index is -4.45. The zero-order valence-electron chi connectivity index (χ0n) is 17.6. The second-order valence-corrected chi connectivity index (χ2v) is 8.03. The number of rotatable bonds is 9. The smallest absolute Gasteiger partial charge is 0.416 e. The van der Waals surface area contributed by atoms with Gasteiger partial charge in [0.25, 0.3) is 0 Å². The molecule has 1 N–H and O–H groups in total. The van der Waals surface area contributed by atoms with Gasteiger partial charge in [-0.05, 0) is 55.0 Å². The lowest BCUT2D eigenvalue weighted by molar-refractivity contribution is -0.322. The molecule has 1 saturated carbocycles. The summed E-state index contributed by atoms with van der Waals surface area (Å²) < 4.78 is 99.5. The Kier molecular flexibility index (Phi) is 8.10. The van der Waals surface area contributed by atoms with E-state index in [0.717, 1.165) is 18.6 Å². The van der Waals surface area contributed by atoms with Gasteiger partial charge in [-0.15, -0.1) is 0 Å². The molecule has 2 aromatic rings. The fraction of sp³-hybridized carbons (Fsp3) is 0.478. The molecular formula is C23H24F7NO2. The first-order valence-electron chi connectivity index (χ1n) is 10.5. The van der Waals surface area contributed by atoms with Crippen LogP contribution >= 0.6 is 0 Å². The Labute approximate surface area is 186 Å². The summed E-state index contributed by atoms with van der Waals surface area (Å²) in [5.74, 6) is 0.408. The molecule has 2 aromatic carbocycles. The number of hydrogen-bond acceptors (Lipinski definition) is 3. The van der Waals surface area contributed by atoms with Gasteiger partial charge in [-0.2, -0.15) is 22.0 Å². The molecule has 0 heterocycles. The summed E-state index contributed by atoms with van der Waals surface area (Å²) in [5, 5.41) is 3.17. The van der Waals surface area contributed by atoms with Crippen LogP contribution in [0.25, 0.3) is 0 Å². The molecule has 0 amide bonds. The average Bonchev–Trinajstić information content (AvgIpc) is 2.76. The first-order valence-corrected chi connectivity index (χ1v) is 10.5. The number of hydrogen-bond donors (Lipinski definition) is 1. The molecule has 0 radical (unpaired) electrons. The quantitative estimate of drug-likeness (QED) is 0.388. The van der Waals surface area contributed by atoms with Crippen LogP contribution in [0.15, 0.2) is 48.5 Å². The van der Waals surface area contributed by atoms with E-state index in [1.165, 1.54) is 12.1 Å². The molecule has 3 nitrogen and oxygen atoms in total. The third kappa shape index (κ3) is 7.52. The van der Waals surface area contributed by atoms with Crippen molar-refractivity contribution in [2.24, 2.45) is 5.92 Å². The van der Waals surface area contributed by atoms with Crippen molar-refractivity contribution in [1.82, 2.24) is 0 Å². The first kappa shape index (κ1) is 25.1. The molecule has 1 fully saturated rings. The fourth-order valence-corrected chi connectivity index (χ4v) is 3.77. The van der Waals surface area contributed by atoms with Gasteiger partial charge in [0.15, 0.2) is 0 Å². The normalized spacial score (nSPS) is 19.5. The summed E-state index contributed by atoms with van der Waals surface area (Å²) in [5.41, 5.74) is 0.301. The average molecular weight is 479 g/mol. The predicted octanol–water partition coefficient (Wildman–Crippen LogP) is 7.13. The minimum absolute atomic E-state index is 0.0353. The van der Waals surface area contributed by atoms with Gasteiger partial charge in [0.2, 0.25) is 0 Å². The molecule has 0 aliphatic heterocycles. The van der Waals surface area contributed by atoms with Crippen LogP contribution in [0.2, 0.25) is 0 Å². The van der Waals surface area contributed by atoms with Crippen LogP contribution in [-0.4, -0.2) is 25.2 Å². The van der Waals surface area contributed by atoms with Crippen molar-refractivity contribution < 1.29 is 40.2 Å². The van der Waals surface area contributed by atoms with Crippen molar-refractivity contribution in [3.8, 4) is 5.75 Å². The summed E-state index contributed by atoms with van der Waals surface area (Å²) in [7, 11) is 0. The SMILES string of the molecule is FC(F)C(F)(F)OC1CCCC(CNc2cccc(OCc3cccc(C(F)(F)F)c3)c2)C1. The van der Waals surface area contributed by atoms with Gasteiger partial charge in [0.1, 0.15) is 12.4 Å². The van der Waals surface area contributed by atoms with Gasteiger partial charge in [-0.25, -0.2) is 8.78 Å². The van der Waals surface area contributed by atoms with Crippen LogP contribution in [0.4, 0.5) is 36.4 Å². The summed E-state index contributed by atoms with van der Waals surface area (Å²) in [6, 6.07) is 11.7. The topological polar surface area (TPSA) is 30.5 Å². The van der Waals surface area contributed by atoms with Crippen molar-refractivity contribution in [1.29, 1.82) is 0 Å². The van der Waals surface area contributed by atoms with Crippen molar-refractivity contribution in [3.05, 3.63) is 59.7 Å². The van der Waals surface area contributed by atoms with Crippen LogP contribution in [0.5, 0.6) is 5.75 Å². The molecule has 0 bridgehead atoms. The van der Waals surface area contributed by atoms with Crippen molar-refractivity contribution >= 4 is 5.69 Å². The molecule has 0 saturated heterocycles. The molecule has 2 unspecified atom stereocenters. The fourth-order valence-electron chi connectivity index (χ4n) is 3.77. The van der Waals surface area contributed by atoms with Crippen LogP contribution in [0.1, 0.15) is 36.8 Å². The second kappa shape index (κ2) is 10.6. The van der Waals surface area contributed by atoms with Gasteiger partial charge in [-0.1, -0.05) is 24.6 Å². The van der Waals surface area contributed by atoms with Crippen LogP contribution in [0.3, 0.4) is 0 Å². The van der Waals surface area contributed by atoms with Crippen LogP contribution in [0, 0.1) is 5.92 Å². The second-order valence-electron chi connectivity index (χ2n) is 8.03. The Morgan fingerprint density at radius 2 is 1.73 bits per heavy atom. The molecule has 0 aromatic heterocycles. The Balaban J connectivity index is 1.51. The summed E-state index contributed by atoms with van der Waals surface area (Å²) in [6.45, 7) is 0.380. The molecule has 0 spiro atoms. The lowest BCUT2D eigenvalue weighted by atomic mass is 9.87. The molecule has 1 aliphatic rings. The highest BCUT2D eigenvalue weighted by Crippen LogP contribution is 2.34. The maximum atomic E-state index is 13.2. The Morgan fingerprint density at radius 1 is 0.970 bits per heavy atom. The van der Waals surface area contributed by atoms with E-state index in [-0.39, 0.29) is 18.9 Å². The van der Waals surface area contributed by atoms with E-state index in [4.69, 9.17) is 4.74 Å². The number of anilines is 1. The Bertz CT molecular complexity index is 904. The van der Waals surface area contributed by atoms with Crippen molar-refractivity contribution in [2.45, 2.75) is 57.1 Å². The zero-order chi connectivity index (χ0) is 24.1. The minimum Gasteiger partial charge on any atom is -0.489 e. The summed E-state index contributed by atoms with van der Waals surface area (Å²) >= 11 is 0. The maximum absolute atomic E-state index is 13.2. The van der Waals surface area contributed by atoms with Gasteiger partial charge < -0.3 is 14.8 Å². The maximum Gasteiger partial charge on any atom is 0.416 e. The molecule has 33 heavy (non-hydrogen) atoms. The Hall–Kier alpha value is -2.49. The highest BCUT2D eigenvalue weighted by Gasteiger charge is 2.45. The van der Waals surface area contributed by atoms with Crippen LogP contribution < -0.4 is 10.1 Å². The summed E-state index contributed by atoms with van der Waals surface area (Å²) in [4.78, 5) is 0. The van der Waals surface area contributed by atoms with E-state index in [1.807, 2.05) is 0 Å². The molecule has 182 valence electrons. The number of nitrogens with one attached hydrogen (secondary N) is 1. The van der Waals surface area contributed by atoms with Crippen molar-refractivity contribution in [3.63, 3.8) is 0 Å². The van der Waals surface area contributed by atoms with Gasteiger partial charge in [0, 0.05) is 18.3 Å². The van der Waals surface area contributed by atoms with E-state index in [0.29, 0.717) is 36.4 Å². The monoisotopic (exact) mass is 479 g/mol. The van der Waals surface area contributed by atoms with Crippen molar-refractivity contribution in [2.75, 3.05) is 11.9 Å². The third-order valence-corrected chi connectivity index (χ3v) is 5.40. The number of benzene rings is 2. The number of ether oxygens (including phenoxy) is 2. The largest absolute Gasteiger partial charge is 0.489 e. The van der Waals surface area contributed by atoms with E-state index in [1.54, 1.807) is 24.3 Å². The number of alkyl halides is 7. The van der Waals surface area contributed by atoms with E-state index in [9.17, 15) is 30.7 Å². The highest BCUT2D eigenvalue weighted by atomic mass is 19.4. The lowest BCUT2D eigenvalue weighted by Gasteiger charge is -2.31. The summed E-state index contributed by atoms with van der Waals surface area (Å²) in [6.07, 6.45) is -11.8. The molecular weight excluding hydrogens is 455 g/mol. The Morgan fingerprint density at radius 3 is 2.45 bits per heavy atom. The predicted molar refractivity (Wildman–Crippen MR) is 108 cm³/mol. The van der Waals surface area contributed by atoms with Crippen LogP contribution in [-0.2, 0) is 17.5 Å².